The minimum absolute atomic E-state index is 0.298. The van der Waals surface area contributed by atoms with Gasteiger partial charge < -0.3 is 18.2 Å². The van der Waals surface area contributed by atoms with Gasteiger partial charge in [-0.1, -0.05) is 0 Å². The largest absolute Gasteiger partial charge is 0.686 e. The molecule has 0 saturated carbocycles. The Balaban J connectivity index is 4.67. The van der Waals surface area contributed by atoms with Gasteiger partial charge in [-0.15, -0.1) is 0 Å². The molecule has 0 spiro atoms. The minimum atomic E-state index is -3.69. The van der Waals surface area contributed by atoms with Crippen LogP contribution in [0.4, 0.5) is 0 Å². The van der Waals surface area contributed by atoms with Crippen molar-refractivity contribution >= 4 is 16.6 Å². The molecule has 0 saturated heterocycles. The molecule has 0 aliphatic heterocycles. The van der Waals surface area contributed by atoms with Crippen molar-refractivity contribution in [3.63, 3.8) is 0 Å². The van der Waals surface area contributed by atoms with Gasteiger partial charge in [-0.3, -0.25) is 8.78 Å². The average Bonchev–Trinajstić information content (AvgIpc) is 2.01. The smallest absolute Gasteiger partial charge is 0.351 e. The van der Waals surface area contributed by atoms with Crippen molar-refractivity contribution < 1.29 is 26.9 Å². The Bertz CT molecular complexity index is 201. The van der Waals surface area contributed by atoms with Crippen LogP contribution in [0.3, 0.4) is 0 Å². The maximum absolute atomic E-state index is 11.2. The van der Waals surface area contributed by atoms with Gasteiger partial charge in [0.2, 0.25) is 0 Å². The second kappa shape index (κ2) is 6.75. The summed E-state index contributed by atoms with van der Waals surface area (Å²) in [6.07, 6.45) is 0. The molecule has 0 radical (unpaired) electrons. The Morgan fingerprint density at radius 2 is 1.40 bits per heavy atom. The summed E-state index contributed by atoms with van der Waals surface area (Å²) in [6.45, 7) is 7.18. The van der Waals surface area contributed by atoms with Gasteiger partial charge in [0.1, 0.15) is 0 Å². The lowest BCUT2D eigenvalue weighted by Gasteiger charge is -2.27. The van der Waals surface area contributed by atoms with E-state index in [0.29, 0.717) is 19.8 Å². The van der Waals surface area contributed by atoms with Crippen molar-refractivity contribution in [3.8, 4) is 0 Å². The third-order valence-electron chi connectivity index (χ3n) is 1.24. The summed E-state index contributed by atoms with van der Waals surface area (Å²) in [5.74, 6) is 0. The van der Waals surface area contributed by atoms with E-state index in [4.69, 9.17) is 22.4 Å². The van der Waals surface area contributed by atoms with Gasteiger partial charge in [-0.2, -0.15) is 0 Å². The van der Waals surface area contributed by atoms with E-state index in [0.717, 1.165) is 6.66 Å². The quantitative estimate of drug-likeness (QED) is 0.523. The molecule has 92 valence electrons. The number of rotatable bonds is 8. The maximum atomic E-state index is 11.2. The van der Waals surface area contributed by atoms with E-state index in [1.807, 2.05) is 0 Å². The number of hydrogen-bond acceptors (Lipinski definition) is 5. The molecule has 6 nitrogen and oxygen atoms in total. The number of hydrogen-bond donors (Lipinski definition) is 1. The molecule has 1 unspecified atom stereocenters. The normalized spacial score (nSPS) is 16.3. The average molecular weight is 258 g/mol. The van der Waals surface area contributed by atoms with E-state index >= 15 is 0 Å². The molecule has 0 aromatic carbocycles. The van der Waals surface area contributed by atoms with Gasteiger partial charge >= 0.3 is 16.6 Å². The fourth-order valence-electron chi connectivity index (χ4n) is 0.942. The highest BCUT2D eigenvalue weighted by Gasteiger charge is 2.49. The Morgan fingerprint density at radius 1 is 1.07 bits per heavy atom. The second-order valence-electron chi connectivity index (χ2n) is 2.69. The lowest BCUT2D eigenvalue weighted by molar-refractivity contribution is 0.00742. The topological polar surface area (TPSA) is 74.2 Å². The molecule has 0 aromatic heterocycles. The first-order valence-corrected chi connectivity index (χ1v) is 8.47. The first-order chi connectivity index (χ1) is 6.89. The zero-order valence-electron chi connectivity index (χ0n) is 9.56. The van der Waals surface area contributed by atoms with Gasteiger partial charge in [-0.25, -0.2) is 0 Å². The van der Waals surface area contributed by atoms with E-state index in [9.17, 15) is 4.57 Å². The standard InChI is InChI=1S/C7H19O6PSi/c1-5-10-15(11-6-2,12-7-3)13-14(4,8)9/h5-7H2,1-4H3,(H,8,9). The molecule has 0 amide bonds. The van der Waals surface area contributed by atoms with E-state index in [1.165, 1.54) is 0 Å². The molecule has 8 heteroatoms. The molecule has 0 aliphatic carbocycles. The van der Waals surface area contributed by atoms with Crippen molar-refractivity contribution in [2.45, 2.75) is 20.8 Å². The van der Waals surface area contributed by atoms with Crippen molar-refractivity contribution in [3.05, 3.63) is 0 Å². The monoisotopic (exact) mass is 258 g/mol. The van der Waals surface area contributed by atoms with Crippen molar-refractivity contribution in [1.29, 1.82) is 0 Å². The minimum Gasteiger partial charge on any atom is -0.351 e. The summed E-state index contributed by atoms with van der Waals surface area (Å²) >= 11 is 0. The summed E-state index contributed by atoms with van der Waals surface area (Å²) in [7, 11) is -7.13. The second-order valence-corrected chi connectivity index (χ2v) is 6.90. The van der Waals surface area contributed by atoms with E-state index in [2.05, 4.69) is 0 Å². The van der Waals surface area contributed by atoms with Crippen LogP contribution in [0.5, 0.6) is 0 Å². The van der Waals surface area contributed by atoms with Crippen molar-refractivity contribution in [2.75, 3.05) is 26.5 Å². The van der Waals surface area contributed by atoms with Gasteiger partial charge in [0.05, 0.1) is 0 Å². The van der Waals surface area contributed by atoms with Crippen LogP contribution in [0.15, 0.2) is 0 Å². The van der Waals surface area contributed by atoms with Crippen LogP contribution in [-0.2, 0) is 22.1 Å². The molecule has 0 rings (SSSR count). The summed E-state index contributed by atoms with van der Waals surface area (Å²) in [5, 5.41) is 0. The first-order valence-electron chi connectivity index (χ1n) is 4.82. The zero-order chi connectivity index (χ0) is 11.9. The molecule has 1 atom stereocenters. The van der Waals surface area contributed by atoms with Gasteiger partial charge in [0.15, 0.2) is 0 Å². The van der Waals surface area contributed by atoms with Crippen molar-refractivity contribution in [2.24, 2.45) is 0 Å². The maximum Gasteiger partial charge on any atom is 0.686 e. The molecular weight excluding hydrogens is 239 g/mol. The first kappa shape index (κ1) is 15.2. The van der Waals surface area contributed by atoms with Gasteiger partial charge in [0, 0.05) is 26.5 Å². The van der Waals surface area contributed by atoms with Gasteiger partial charge in [-0.05, 0) is 20.8 Å². The highest BCUT2D eigenvalue weighted by Crippen LogP contribution is 2.41. The van der Waals surface area contributed by atoms with Gasteiger partial charge in [0.25, 0.3) is 0 Å². The summed E-state index contributed by atoms with van der Waals surface area (Å²) < 4.78 is 31.8. The zero-order valence-corrected chi connectivity index (χ0v) is 11.5. The van der Waals surface area contributed by atoms with Crippen LogP contribution in [-0.4, -0.2) is 40.4 Å². The lowest BCUT2D eigenvalue weighted by Crippen LogP contribution is -2.48. The molecule has 0 fully saturated rings. The third-order valence-corrected chi connectivity index (χ3v) is 5.42. The van der Waals surface area contributed by atoms with Crippen molar-refractivity contribution in [1.82, 2.24) is 0 Å². The molecular formula is C7H19O6PSi. The molecule has 1 N–H and O–H groups in total. The molecule has 15 heavy (non-hydrogen) atoms. The van der Waals surface area contributed by atoms with Crippen LogP contribution in [0, 0.1) is 0 Å². The predicted octanol–water partition coefficient (Wildman–Crippen LogP) is 1.36. The third kappa shape index (κ3) is 6.42. The summed E-state index contributed by atoms with van der Waals surface area (Å²) in [6, 6.07) is 0. The highest BCUT2D eigenvalue weighted by molar-refractivity contribution is 7.53. The predicted molar refractivity (Wildman–Crippen MR) is 57.5 cm³/mol. The van der Waals surface area contributed by atoms with E-state index in [-0.39, 0.29) is 0 Å². The van der Waals surface area contributed by atoms with Crippen LogP contribution in [0.1, 0.15) is 20.8 Å². The highest BCUT2D eigenvalue weighted by atomic mass is 31.2. The Morgan fingerprint density at radius 3 is 1.60 bits per heavy atom. The SMILES string of the molecule is CCO[Si](OCC)(OCC)OP(C)(=O)O. The van der Waals surface area contributed by atoms with Crippen LogP contribution in [0.2, 0.25) is 0 Å². The van der Waals surface area contributed by atoms with Crippen LogP contribution < -0.4 is 0 Å². The van der Waals surface area contributed by atoms with Crippen LogP contribution in [0.25, 0.3) is 0 Å². The molecule has 0 bridgehead atoms. The Labute approximate surface area is 91.5 Å². The fourth-order valence-corrected chi connectivity index (χ4v) is 4.54. The molecule has 0 aliphatic rings. The van der Waals surface area contributed by atoms with Crippen LogP contribution >= 0.6 is 7.60 Å². The lowest BCUT2D eigenvalue weighted by atomic mass is 10.9. The Kier molecular flexibility index (Phi) is 6.86. The Hall–Kier alpha value is 0.247. The molecule has 0 heterocycles. The fraction of sp³-hybridized carbons (Fsp3) is 1.00. The van der Waals surface area contributed by atoms with E-state index in [1.54, 1.807) is 20.8 Å². The molecule has 0 aromatic rings. The summed E-state index contributed by atoms with van der Waals surface area (Å²) in [5.41, 5.74) is 0. The van der Waals surface area contributed by atoms with E-state index < -0.39 is 16.6 Å². The summed E-state index contributed by atoms with van der Waals surface area (Å²) in [4.78, 5) is 9.16.